The summed E-state index contributed by atoms with van der Waals surface area (Å²) in [4.78, 5) is 13.4. The minimum absolute atomic E-state index is 0.210. The van der Waals surface area contributed by atoms with Crippen LogP contribution in [0.5, 0.6) is 5.75 Å². The lowest BCUT2D eigenvalue weighted by Gasteiger charge is -2.25. The van der Waals surface area contributed by atoms with E-state index in [9.17, 15) is 9.90 Å². The molecule has 0 aliphatic carbocycles. The van der Waals surface area contributed by atoms with Gasteiger partial charge < -0.3 is 14.7 Å². The summed E-state index contributed by atoms with van der Waals surface area (Å²) in [7, 11) is 0. The van der Waals surface area contributed by atoms with Crippen LogP contribution in [0.2, 0.25) is 5.02 Å². The zero-order valence-electron chi connectivity index (χ0n) is 11.3. The summed E-state index contributed by atoms with van der Waals surface area (Å²) in [5, 5.41) is 9.81. The Morgan fingerprint density at radius 1 is 1.19 bits per heavy atom. The molecule has 0 atom stereocenters. The van der Waals surface area contributed by atoms with Crippen molar-refractivity contribution in [3.63, 3.8) is 0 Å². The van der Waals surface area contributed by atoms with Crippen LogP contribution in [0.4, 0.5) is 5.69 Å². The molecule has 0 spiro atoms. The summed E-state index contributed by atoms with van der Waals surface area (Å²) in [5.74, 6) is -0.144. The molecule has 3 rings (SSSR count). The molecule has 0 amide bonds. The van der Waals surface area contributed by atoms with Gasteiger partial charge in [0.25, 0.3) is 0 Å². The number of hydrogen-bond acceptors (Lipinski definition) is 3. The lowest BCUT2D eigenvalue weighted by molar-refractivity contribution is 0.0697. The second-order valence-corrected chi connectivity index (χ2v) is 5.23. The van der Waals surface area contributed by atoms with Crippen molar-refractivity contribution in [2.75, 3.05) is 18.1 Å². The van der Waals surface area contributed by atoms with Crippen LogP contribution in [-0.2, 0) is 6.54 Å². The maximum Gasteiger partial charge on any atom is 0.337 e. The van der Waals surface area contributed by atoms with Crippen molar-refractivity contribution >= 4 is 23.3 Å². The highest BCUT2D eigenvalue weighted by atomic mass is 35.5. The highest BCUT2D eigenvalue weighted by Gasteiger charge is 2.22. The van der Waals surface area contributed by atoms with E-state index in [1.54, 1.807) is 18.2 Å². The van der Waals surface area contributed by atoms with Crippen LogP contribution < -0.4 is 9.64 Å². The minimum atomic E-state index is -0.981. The molecule has 5 heteroatoms. The van der Waals surface area contributed by atoms with Crippen LogP contribution in [0.25, 0.3) is 0 Å². The van der Waals surface area contributed by atoms with Gasteiger partial charge in [0.05, 0.1) is 22.8 Å². The lowest BCUT2D eigenvalue weighted by atomic mass is 10.1. The number of benzene rings is 2. The average molecular weight is 304 g/mol. The molecule has 0 unspecified atom stereocenters. The molecular formula is C16H14ClNO3. The number of halogens is 1. The van der Waals surface area contributed by atoms with Crippen LogP contribution in [0.1, 0.15) is 15.9 Å². The van der Waals surface area contributed by atoms with Crippen LogP contribution in [0.3, 0.4) is 0 Å². The normalized spacial score (nSPS) is 14.0. The van der Waals surface area contributed by atoms with Gasteiger partial charge in [-0.15, -0.1) is 0 Å². The minimum Gasteiger partial charge on any atom is -0.491 e. The van der Waals surface area contributed by atoms with E-state index in [0.717, 1.165) is 11.3 Å². The number of nitrogens with zero attached hydrogens (tertiary/aromatic N) is 1. The Hall–Kier alpha value is -2.20. The topological polar surface area (TPSA) is 49.8 Å². The summed E-state index contributed by atoms with van der Waals surface area (Å²) in [5.41, 5.74) is 1.78. The van der Waals surface area contributed by atoms with Crippen LogP contribution in [0.15, 0.2) is 42.5 Å². The van der Waals surface area contributed by atoms with Gasteiger partial charge in [0.2, 0.25) is 0 Å². The highest BCUT2D eigenvalue weighted by molar-refractivity contribution is 6.34. The van der Waals surface area contributed by atoms with Crippen LogP contribution >= 0.6 is 11.6 Å². The zero-order chi connectivity index (χ0) is 14.8. The maximum absolute atomic E-state index is 11.4. The SMILES string of the molecule is O=C(O)c1cccc(Cl)c1N1CCOc2ccccc2C1. The average Bonchev–Trinajstić information content (AvgIpc) is 2.68. The molecule has 1 heterocycles. The van der Waals surface area contributed by atoms with E-state index in [1.807, 2.05) is 29.2 Å². The first-order valence-electron chi connectivity index (χ1n) is 6.64. The van der Waals surface area contributed by atoms with E-state index >= 15 is 0 Å². The first-order chi connectivity index (χ1) is 10.2. The standard InChI is InChI=1S/C16H14ClNO3/c17-13-6-3-5-12(16(19)20)15(13)18-8-9-21-14-7-2-1-4-11(14)10-18/h1-7H,8-10H2,(H,19,20). The molecule has 21 heavy (non-hydrogen) atoms. The molecule has 2 aromatic carbocycles. The smallest absolute Gasteiger partial charge is 0.337 e. The molecule has 1 aliphatic heterocycles. The van der Waals surface area contributed by atoms with Crippen molar-refractivity contribution in [2.24, 2.45) is 0 Å². The third-order valence-electron chi connectivity index (χ3n) is 3.49. The fraction of sp³-hybridized carbons (Fsp3) is 0.188. The molecule has 0 saturated carbocycles. The summed E-state index contributed by atoms with van der Waals surface area (Å²) < 4.78 is 5.71. The number of hydrogen-bond donors (Lipinski definition) is 1. The molecule has 1 aliphatic rings. The summed E-state index contributed by atoms with van der Waals surface area (Å²) >= 11 is 6.24. The Morgan fingerprint density at radius 3 is 2.81 bits per heavy atom. The van der Waals surface area contributed by atoms with Gasteiger partial charge in [-0.25, -0.2) is 4.79 Å². The van der Waals surface area contributed by atoms with E-state index in [1.165, 1.54) is 0 Å². The number of carboxylic acids is 1. The third-order valence-corrected chi connectivity index (χ3v) is 3.79. The Kier molecular flexibility index (Phi) is 3.71. The molecule has 0 radical (unpaired) electrons. The third kappa shape index (κ3) is 2.67. The fourth-order valence-electron chi connectivity index (χ4n) is 2.53. The first kappa shape index (κ1) is 13.8. The van der Waals surface area contributed by atoms with Gasteiger partial charge in [0, 0.05) is 12.1 Å². The molecule has 0 bridgehead atoms. The number of carbonyl (C=O) groups is 1. The van der Waals surface area contributed by atoms with E-state index in [4.69, 9.17) is 16.3 Å². The Morgan fingerprint density at radius 2 is 2.00 bits per heavy atom. The zero-order valence-corrected chi connectivity index (χ0v) is 12.0. The fourth-order valence-corrected chi connectivity index (χ4v) is 2.82. The number of anilines is 1. The number of aromatic carboxylic acids is 1. The van der Waals surface area contributed by atoms with Crippen molar-refractivity contribution in [1.29, 1.82) is 0 Å². The summed E-state index contributed by atoms with van der Waals surface area (Å²) in [6.07, 6.45) is 0. The number of ether oxygens (including phenoxy) is 1. The monoisotopic (exact) mass is 303 g/mol. The van der Waals surface area contributed by atoms with Crippen molar-refractivity contribution in [1.82, 2.24) is 0 Å². The van der Waals surface area contributed by atoms with Crippen molar-refractivity contribution in [3.05, 3.63) is 58.6 Å². The number of carboxylic acid groups (broad SMARTS) is 1. The second-order valence-electron chi connectivity index (χ2n) is 4.82. The van der Waals surface area contributed by atoms with Gasteiger partial charge in [-0.1, -0.05) is 35.9 Å². The predicted octanol–water partition coefficient (Wildman–Crippen LogP) is 3.44. The van der Waals surface area contributed by atoms with E-state index < -0.39 is 5.97 Å². The van der Waals surface area contributed by atoms with E-state index in [0.29, 0.717) is 30.4 Å². The Balaban J connectivity index is 2.04. The van der Waals surface area contributed by atoms with Crippen molar-refractivity contribution in [2.45, 2.75) is 6.54 Å². The summed E-state index contributed by atoms with van der Waals surface area (Å²) in [6, 6.07) is 12.7. The molecule has 0 saturated heterocycles. The number of fused-ring (bicyclic) bond motifs is 1. The van der Waals surface area contributed by atoms with Gasteiger partial charge in [0.1, 0.15) is 12.4 Å². The maximum atomic E-state index is 11.4. The molecule has 0 aromatic heterocycles. The van der Waals surface area contributed by atoms with Gasteiger partial charge >= 0.3 is 5.97 Å². The first-order valence-corrected chi connectivity index (χ1v) is 7.02. The molecular weight excluding hydrogens is 290 g/mol. The number of para-hydroxylation sites is 2. The summed E-state index contributed by atoms with van der Waals surface area (Å²) in [6.45, 7) is 1.64. The van der Waals surface area contributed by atoms with Gasteiger partial charge in [-0.3, -0.25) is 0 Å². The van der Waals surface area contributed by atoms with Crippen LogP contribution in [-0.4, -0.2) is 24.2 Å². The molecule has 2 aromatic rings. The van der Waals surface area contributed by atoms with Gasteiger partial charge in [0.15, 0.2) is 0 Å². The van der Waals surface area contributed by atoms with Gasteiger partial charge in [-0.2, -0.15) is 0 Å². The molecule has 4 nitrogen and oxygen atoms in total. The van der Waals surface area contributed by atoms with E-state index in [2.05, 4.69) is 0 Å². The Labute approximate surface area is 127 Å². The lowest BCUT2D eigenvalue weighted by Crippen LogP contribution is -2.27. The number of rotatable bonds is 2. The van der Waals surface area contributed by atoms with Crippen molar-refractivity contribution in [3.8, 4) is 5.75 Å². The molecule has 108 valence electrons. The van der Waals surface area contributed by atoms with Gasteiger partial charge in [-0.05, 0) is 18.2 Å². The van der Waals surface area contributed by atoms with Crippen molar-refractivity contribution < 1.29 is 14.6 Å². The largest absolute Gasteiger partial charge is 0.491 e. The predicted molar refractivity (Wildman–Crippen MR) is 81.4 cm³/mol. The molecule has 1 N–H and O–H groups in total. The highest BCUT2D eigenvalue weighted by Crippen LogP contribution is 2.33. The van der Waals surface area contributed by atoms with Crippen LogP contribution in [0, 0.1) is 0 Å². The Bertz CT molecular complexity index is 687. The molecule has 0 fully saturated rings. The quantitative estimate of drug-likeness (QED) is 0.923. The van der Waals surface area contributed by atoms with E-state index in [-0.39, 0.29) is 5.56 Å². The second kappa shape index (κ2) is 5.66.